The fourth-order valence-electron chi connectivity index (χ4n) is 1.78. The van der Waals surface area contributed by atoms with Gasteiger partial charge >= 0.3 is 0 Å². The van der Waals surface area contributed by atoms with E-state index in [0.29, 0.717) is 19.1 Å². The molecule has 20 heavy (non-hydrogen) atoms. The third-order valence-corrected chi connectivity index (χ3v) is 2.84. The highest BCUT2D eigenvalue weighted by Gasteiger charge is 2.17. The zero-order valence-electron chi connectivity index (χ0n) is 13.5. The van der Waals surface area contributed by atoms with Crippen LogP contribution < -0.4 is 10.1 Å². The lowest BCUT2D eigenvalue weighted by molar-refractivity contribution is 0.0988. The minimum atomic E-state index is 0.0145. The zero-order chi connectivity index (χ0) is 15.0. The van der Waals surface area contributed by atoms with E-state index in [1.165, 1.54) is 5.56 Å². The number of hydrogen-bond donors (Lipinski definition) is 1. The maximum Gasteiger partial charge on any atom is 0.213 e. The van der Waals surface area contributed by atoms with Crippen LogP contribution >= 0.6 is 0 Å². The third kappa shape index (κ3) is 5.88. The Hall–Kier alpha value is -1.13. The molecule has 0 radical (unpaired) electrons. The van der Waals surface area contributed by atoms with Crippen molar-refractivity contribution in [1.29, 1.82) is 0 Å². The van der Waals surface area contributed by atoms with Crippen LogP contribution in [-0.4, -0.2) is 31.9 Å². The molecule has 0 saturated heterocycles. The van der Waals surface area contributed by atoms with Gasteiger partial charge in [0, 0.05) is 24.6 Å². The number of nitrogens with zero attached hydrogens (tertiary/aromatic N) is 1. The first-order chi connectivity index (χ1) is 9.47. The summed E-state index contributed by atoms with van der Waals surface area (Å²) in [4.78, 5) is 4.60. The molecule has 0 aliphatic carbocycles. The Morgan fingerprint density at radius 1 is 1.15 bits per heavy atom. The number of nitrogens with one attached hydrogen (secondary N) is 1. The Labute approximate surface area is 122 Å². The lowest BCUT2D eigenvalue weighted by Crippen LogP contribution is -2.17. The molecule has 0 aromatic carbocycles. The molecule has 0 saturated carbocycles. The molecule has 0 bridgehead atoms. The van der Waals surface area contributed by atoms with Gasteiger partial charge in [0.2, 0.25) is 5.88 Å². The molecule has 114 valence electrons. The molecule has 0 spiro atoms. The van der Waals surface area contributed by atoms with Crippen LogP contribution in [0.15, 0.2) is 12.1 Å². The number of rotatable bonds is 8. The molecular formula is C16H28N2O2. The first-order valence-electron chi connectivity index (χ1n) is 7.34. The first kappa shape index (κ1) is 16.9. The normalized spacial score (nSPS) is 11.7. The van der Waals surface area contributed by atoms with Crippen LogP contribution in [0, 0.1) is 0 Å². The van der Waals surface area contributed by atoms with Crippen molar-refractivity contribution in [2.45, 2.75) is 46.1 Å². The molecule has 4 heteroatoms. The maximum atomic E-state index is 5.71. The van der Waals surface area contributed by atoms with Gasteiger partial charge in [-0.25, -0.2) is 4.98 Å². The van der Waals surface area contributed by atoms with Gasteiger partial charge in [0.25, 0.3) is 0 Å². The first-order valence-corrected chi connectivity index (χ1v) is 7.34. The van der Waals surface area contributed by atoms with Crippen LogP contribution in [0.25, 0.3) is 0 Å². The second-order valence-corrected chi connectivity index (χ2v) is 5.94. The van der Waals surface area contributed by atoms with Gasteiger partial charge in [-0.05, 0) is 25.1 Å². The van der Waals surface area contributed by atoms with E-state index in [2.05, 4.69) is 44.1 Å². The van der Waals surface area contributed by atoms with Crippen LogP contribution in [0.5, 0.6) is 5.88 Å². The number of aromatic nitrogens is 1. The molecule has 0 fully saturated rings. The van der Waals surface area contributed by atoms with E-state index >= 15 is 0 Å². The van der Waals surface area contributed by atoms with Crippen molar-refractivity contribution in [3.05, 3.63) is 23.4 Å². The van der Waals surface area contributed by atoms with Crippen LogP contribution in [0.3, 0.4) is 0 Å². The largest absolute Gasteiger partial charge is 0.475 e. The van der Waals surface area contributed by atoms with E-state index in [4.69, 9.17) is 9.47 Å². The van der Waals surface area contributed by atoms with Gasteiger partial charge in [0.05, 0.1) is 12.3 Å². The smallest absolute Gasteiger partial charge is 0.213 e. The highest BCUT2D eigenvalue weighted by molar-refractivity contribution is 5.28. The van der Waals surface area contributed by atoms with Crippen molar-refractivity contribution in [1.82, 2.24) is 10.3 Å². The summed E-state index contributed by atoms with van der Waals surface area (Å²) in [6.07, 6.45) is 1.03. The average molecular weight is 280 g/mol. The summed E-state index contributed by atoms with van der Waals surface area (Å²) >= 11 is 0. The molecule has 0 unspecified atom stereocenters. The molecule has 1 heterocycles. The number of hydrogen-bond acceptors (Lipinski definition) is 4. The monoisotopic (exact) mass is 280 g/mol. The molecule has 1 N–H and O–H groups in total. The summed E-state index contributed by atoms with van der Waals surface area (Å²) in [5, 5.41) is 3.17. The quantitative estimate of drug-likeness (QED) is 0.744. The predicted octanol–water partition coefficient (Wildman–Crippen LogP) is 2.90. The molecular weight excluding hydrogens is 252 g/mol. The SMILES string of the molecule is CCCOCCOc1cc(CNC)cc(C(C)(C)C)n1. The Morgan fingerprint density at radius 2 is 1.90 bits per heavy atom. The Morgan fingerprint density at radius 3 is 2.50 bits per heavy atom. The van der Waals surface area contributed by atoms with Crippen molar-refractivity contribution in [2.75, 3.05) is 26.9 Å². The Balaban J connectivity index is 2.71. The average Bonchev–Trinajstić information content (AvgIpc) is 2.38. The summed E-state index contributed by atoms with van der Waals surface area (Å²) < 4.78 is 11.1. The summed E-state index contributed by atoms with van der Waals surface area (Å²) in [5.74, 6) is 0.683. The van der Waals surface area contributed by atoms with Gasteiger partial charge in [-0.15, -0.1) is 0 Å². The standard InChI is InChI=1S/C16H28N2O2/c1-6-7-19-8-9-20-15-11-13(12-17-5)10-14(18-15)16(2,3)4/h10-11,17H,6-9,12H2,1-5H3. The molecule has 1 aromatic heterocycles. The zero-order valence-corrected chi connectivity index (χ0v) is 13.5. The minimum absolute atomic E-state index is 0.0145. The van der Waals surface area contributed by atoms with Gasteiger partial charge in [-0.3, -0.25) is 0 Å². The van der Waals surface area contributed by atoms with Gasteiger partial charge in [0.15, 0.2) is 0 Å². The third-order valence-electron chi connectivity index (χ3n) is 2.84. The molecule has 0 aliphatic heterocycles. The van der Waals surface area contributed by atoms with E-state index in [1.54, 1.807) is 0 Å². The van der Waals surface area contributed by atoms with Crippen molar-refractivity contribution in [2.24, 2.45) is 0 Å². The fraction of sp³-hybridized carbons (Fsp3) is 0.688. The van der Waals surface area contributed by atoms with Crippen LogP contribution in [0.1, 0.15) is 45.4 Å². The summed E-state index contributed by atoms with van der Waals surface area (Å²) in [7, 11) is 1.94. The summed E-state index contributed by atoms with van der Waals surface area (Å²) in [6, 6.07) is 4.13. The van der Waals surface area contributed by atoms with E-state index in [1.807, 2.05) is 13.1 Å². The highest BCUT2D eigenvalue weighted by Crippen LogP contribution is 2.24. The second kappa shape index (κ2) is 8.22. The molecule has 0 aliphatic rings. The van der Waals surface area contributed by atoms with Gasteiger partial charge < -0.3 is 14.8 Å². The molecule has 4 nitrogen and oxygen atoms in total. The highest BCUT2D eigenvalue weighted by atomic mass is 16.5. The van der Waals surface area contributed by atoms with Crippen LogP contribution in [0.2, 0.25) is 0 Å². The van der Waals surface area contributed by atoms with Gasteiger partial charge in [-0.1, -0.05) is 27.7 Å². The molecule has 0 amide bonds. The summed E-state index contributed by atoms with van der Waals surface area (Å²) in [6.45, 7) is 11.3. The van der Waals surface area contributed by atoms with Crippen LogP contribution in [0.4, 0.5) is 0 Å². The molecule has 1 rings (SSSR count). The maximum absolute atomic E-state index is 5.71. The fourth-order valence-corrected chi connectivity index (χ4v) is 1.78. The van der Waals surface area contributed by atoms with Crippen molar-refractivity contribution in [3.63, 3.8) is 0 Å². The van der Waals surface area contributed by atoms with E-state index in [0.717, 1.165) is 25.3 Å². The molecule has 1 aromatic rings. The second-order valence-electron chi connectivity index (χ2n) is 5.94. The Bertz CT molecular complexity index is 400. The lowest BCUT2D eigenvalue weighted by atomic mass is 9.91. The lowest BCUT2D eigenvalue weighted by Gasteiger charge is -2.20. The predicted molar refractivity (Wildman–Crippen MR) is 82.3 cm³/mol. The summed E-state index contributed by atoms with van der Waals surface area (Å²) in [5.41, 5.74) is 2.26. The Kier molecular flexibility index (Phi) is 6.96. The minimum Gasteiger partial charge on any atom is -0.475 e. The topological polar surface area (TPSA) is 43.4 Å². The van der Waals surface area contributed by atoms with Gasteiger partial charge in [0.1, 0.15) is 6.61 Å². The number of ether oxygens (including phenoxy) is 2. The van der Waals surface area contributed by atoms with E-state index in [9.17, 15) is 0 Å². The van der Waals surface area contributed by atoms with E-state index < -0.39 is 0 Å². The molecule has 0 atom stereocenters. The van der Waals surface area contributed by atoms with Crippen molar-refractivity contribution >= 4 is 0 Å². The number of pyridine rings is 1. The van der Waals surface area contributed by atoms with E-state index in [-0.39, 0.29) is 5.41 Å². The van der Waals surface area contributed by atoms with Gasteiger partial charge in [-0.2, -0.15) is 0 Å². The van der Waals surface area contributed by atoms with Crippen molar-refractivity contribution < 1.29 is 9.47 Å². The van der Waals surface area contributed by atoms with Crippen LogP contribution in [-0.2, 0) is 16.7 Å². The van der Waals surface area contributed by atoms with Crippen molar-refractivity contribution in [3.8, 4) is 5.88 Å².